The van der Waals surface area contributed by atoms with Gasteiger partial charge in [0.1, 0.15) is 5.75 Å². The van der Waals surface area contributed by atoms with Crippen molar-refractivity contribution in [3.8, 4) is 5.75 Å². The Morgan fingerprint density at radius 2 is 2.11 bits per heavy atom. The normalized spacial score (nSPS) is 24.2. The van der Waals surface area contributed by atoms with Gasteiger partial charge in [-0.1, -0.05) is 0 Å². The van der Waals surface area contributed by atoms with Crippen LogP contribution < -0.4 is 15.0 Å². The van der Waals surface area contributed by atoms with Crippen LogP contribution in [0, 0.1) is 0 Å². The summed E-state index contributed by atoms with van der Waals surface area (Å²) in [5, 5.41) is 3.39. The molecule has 0 radical (unpaired) electrons. The van der Waals surface area contributed by atoms with E-state index in [4.69, 9.17) is 4.74 Å². The number of carbonyl (C=O) groups is 1. The van der Waals surface area contributed by atoms with Crippen LogP contribution in [0.1, 0.15) is 0 Å². The maximum Gasteiger partial charge on any atom is 0.241 e. The fraction of sp³-hybridized carbons (Fsp3) is 0.500. The number of hydrogen-bond donors (Lipinski definition) is 1. The summed E-state index contributed by atoms with van der Waals surface area (Å²) in [7, 11) is 1.65. The summed E-state index contributed by atoms with van der Waals surface area (Å²) in [6, 6.07) is 8.11. The van der Waals surface area contributed by atoms with Crippen LogP contribution in [0.2, 0.25) is 0 Å². The van der Waals surface area contributed by atoms with Crippen molar-refractivity contribution in [2.45, 2.75) is 6.04 Å². The highest BCUT2D eigenvalue weighted by molar-refractivity contribution is 5.95. The Morgan fingerprint density at radius 1 is 1.32 bits per heavy atom. The minimum atomic E-state index is 0.184. The van der Waals surface area contributed by atoms with Crippen LogP contribution in [0.15, 0.2) is 24.3 Å². The van der Waals surface area contributed by atoms with Crippen molar-refractivity contribution in [3.63, 3.8) is 0 Å². The van der Waals surface area contributed by atoms with Crippen molar-refractivity contribution >= 4 is 11.6 Å². The topological polar surface area (TPSA) is 44.8 Å². The first kappa shape index (κ1) is 12.4. The van der Waals surface area contributed by atoms with E-state index in [0.717, 1.165) is 37.6 Å². The summed E-state index contributed by atoms with van der Waals surface area (Å²) >= 11 is 0. The number of methoxy groups -OCH3 is 1. The molecule has 2 heterocycles. The molecule has 2 fully saturated rings. The molecule has 1 unspecified atom stereocenters. The van der Waals surface area contributed by atoms with E-state index in [1.807, 2.05) is 29.2 Å². The van der Waals surface area contributed by atoms with E-state index in [-0.39, 0.29) is 5.91 Å². The maximum atomic E-state index is 12.2. The van der Waals surface area contributed by atoms with Gasteiger partial charge in [0.25, 0.3) is 0 Å². The lowest BCUT2D eigenvalue weighted by atomic mass is 10.1. The molecule has 19 heavy (non-hydrogen) atoms. The SMILES string of the molecule is COc1ccc(N2CC3CNCCN3CC2=O)cc1. The maximum absolute atomic E-state index is 12.2. The molecule has 1 atom stereocenters. The monoisotopic (exact) mass is 261 g/mol. The van der Waals surface area contributed by atoms with Gasteiger partial charge in [-0.05, 0) is 24.3 Å². The zero-order chi connectivity index (χ0) is 13.2. The van der Waals surface area contributed by atoms with Gasteiger partial charge in [0, 0.05) is 37.9 Å². The fourth-order valence-corrected chi connectivity index (χ4v) is 2.77. The number of hydrogen-bond acceptors (Lipinski definition) is 4. The van der Waals surface area contributed by atoms with Gasteiger partial charge in [0.2, 0.25) is 5.91 Å². The predicted molar refractivity (Wildman–Crippen MR) is 73.6 cm³/mol. The third-order valence-electron chi connectivity index (χ3n) is 3.89. The molecule has 0 aliphatic carbocycles. The molecule has 0 aromatic heterocycles. The third-order valence-corrected chi connectivity index (χ3v) is 3.89. The molecular formula is C14H19N3O2. The Morgan fingerprint density at radius 3 is 2.84 bits per heavy atom. The van der Waals surface area contributed by atoms with Gasteiger partial charge >= 0.3 is 0 Å². The second-order valence-corrected chi connectivity index (χ2v) is 5.03. The standard InChI is InChI=1S/C14H19N3O2/c1-19-13-4-2-11(3-5-13)17-9-12-8-15-6-7-16(12)10-14(17)18/h2-5,12,15H,6-10H2,1H3. The van der Waals surface area contributed by atoms with Gasteiger partial charge in [-0.15, -0.1) is 0 Å². The van der Waals surface area contributed by atoms with Gasteiger partial charge in [-0.2, -0.15) is 0 Å². The highest BCUT2D eigenvalue weighted by Gasteiger charge is 2.33. The second-order valence-electron chi connectivity index (χ2n) is 5.03. The molecule has 2 aliphatic rings. The van der Waals surface area contributed by atoms with Crippen LogP contribution in [0.3, 0.4) is 0 Å². The van der Waals surface area contributed by atoms with Crippen molar-refractivity contribution in [1.82, 2.24) is 10.2 Å². The minimum absolute atomic E-state index is 0.184. The van der Waals surface area contributed by atoms with Gasteiger partial charge in [-0.25, -0.2) is 0 Å². The van der Waals surface area contributed by atoms with Crippen LogP contribution in [0.5, 0.6) is 5.75 Å². The molecule has 2 aliphatic heterocycles. The Balaban J connectivity index is 1.77. The molecule has 0 saturated carbocycles. The quantitative estimate of drug-likeness (QED) is 0.832. The molecule has 2 saturated heterocycles. The summed E-state index contributed by atoms with van der Waals surface area (Å²) in [5.41, 5.74) is 0.955. The van der Waals surface area contributed by atoms with Gasteiger partial charge in [0.05, 0.1) is 13.7 Å². The first-order valence-corrected chi connectivity index (χ1v) is 6.67. The van der Waals surface area contributed by atoms with Crippen molar-refractivity contribution in [1.29, 1.82) is 0 Å². The number of piperazine rings is 2. The fourth-order valence-electron chi connectivity index (χ4n) is 2.77. The molecule has 1 amide bonds. The average molecular weight is 261 g/mol. The minimum Gasteiger partial charge on any atom is -0.497 e. The number of ether oxygens (including phenoxy) is 1. The number of carbonyl (C=O) groups excluding carboxylic acids is 1. The third kappa shape index (κ3) is 2.43. The van der Waals surface area contributed by atoms with Crippen molar-refractivity contribution < 1.29 is 9.53 Å². The number of benzene rings is 1. The van der Waals surface area contributed by atoms with E-state index in [1.54, 1.807) is 7.11 Å². The number of rotatable bonds is 2. The number of fused-ring (bicyclic) bond motifs is 1. The van der Waals surface area contributed by atoms with Gasteiger partial charge in [0.15, 0.2) is 0 Å². The first-order valence-electron chi connectivity index (χ1n) is 6.67. The van der Waals surface area contributed by atoms with E-state index in [1.165, 1.54) is 0 Å². The molecule has 1 aromatic carbocycles. The van der Waals surface area contributed by atoms with E-state index in [0.29, 0.717) is 12.6 Å². The Bertz CT molecular complexity index is 460. The zero-order valence-corrected chi connectivity index (χ0v) is 11.1. The van der Waals surface area contributed by atoms with Gasteiger partial charge < -0.3 is 15.0 Å². The van der Waals surface area contributed by atoms with E-state index >= 15 is 0 Å². The Labute approximate surface area is 113 Å². The molecule has 5 heteroatoms. The largest absolute Gasteiger partial charge is 0.497 e. The Hall–Kier alpha value is -1.59. The summed E-state index contributed by atoms with van der Waals surface area (Å²) in [6.45, 7) is 4.19. The summed E-state index contributed by atoms with van der Waals surface area (Å²) in [6.07, 6.45) is 0. The molecule has 3 rings (SSSR count). The van der Waals surface area contributed by atoms with Crippen LogP contribution in [0.25, 0.3) is 0 Å². The molecule has 1 N–H and O–H groups in total. The lowest BCUT2D eigenvalue weighted by Gasteiger charge is -2.43. The molecule has 102 valence electrons. The average Bonchev–Trinajstić information content (AvgIpc) is 2.47. The smallest absolute Gasteiger partial charge is 0.241 e. The number of amides is 1. The van der Waals surface area contributed by atoms with Crippen molar-refractivity contribution in [2.75, 3.05) is 44.7 Å². The summed E-state index contributed by atoms with van der Waals surface area (Å²) in [5.74, 6) is 0.998. The van der Waals surface area contributed by atoms with Crippen molar-refractivity contribution in [3.05, 3.63) is 24.3 Å². The van der Waals surface area contributed by atoms with Crippen molar-refractivity contribution in [2.24, 2.45) is 0 Å². The second kappa shape index (κ2) is 5.19. The van der Waals surface area contributed by atoms with E-state index in [9.17, 15) is 4.79 Å². The molecular weight excluding hydrogens is 242 g/mol. The molecule has 1 aromatic rings. The van der Waals surface area contributed by atoms with E-state index < -0.39 is 0 Å². The van der Waals surface area contributed by atoms with Crippen LogP contribution >= 0.6 is 0 Å². The van der Waals surface area contributed by atoms with Crippen LogP contribution in [-0.2, 0) is 4.79 Å². The zero-order valence-electron chi connectivity index (χ0n) is 11.1. The number of anilines is 1. The van der Waals surface area contributed by atoms with Gasteiger partial charge in [-0.3, -0.25) is 9.69 Å². The lowest BCUT2D eigenvalue weighted by Crippen LogP contribution is -2.63. The van der Waals surface area contributed by atoms with E-state index in [2.05, 4.69) is 10.2 Å². The summed E-state index contributed by atoms with van der Waals surface area (Å²) in [4.78, 5) is 16.4. The molecule has 0 bridgehead atoms. The van der Waals surface area contributed by atoms with Crippen LogP contribution in [-0.4, -0.2) is 56.7 Å². The van der Waals surface area contributed by atoms with Crippen LogP contribution in [0.4, 0.5) is 5.69 Å². The first-order chi connectivity index (χ1) is 9.28. The highest BCUT2D eigenvalue weighted by Crippen LogP contribution is 2.23. The lowest BCUT2D eigenvalue weighted by molar-refractivity contribution is -0.122. The molecule has 5 nitrogen and oxygen atoms in total. The molecule has 0 spiro atoms. The number of nitrogens with one attached hydrogen (secondary N) is 1. The predicted octanol–water partition coefficient (Wildman–Crippen LogP) is 0.316. The highest BCUT2D eigenvalue weighted by atomic mass is 16.5. The Kier molecular flexibility index (Phi) is 3.40. The summed E-state index contributed by atoms with van der Waals surface area (Å²) < 4.78 is 5.15. The number of nitrogens with zero attached hydrogens (tertiary/aromatic N) is 2.